The van der Waals surface area contributed by atoms with E-state index in [4.69, 9.17) is 16.7 Å². The molecule has 0 atom stereocenters. The molecule has 1 saturated heterocycles. The maximum absolute atomic E-state index is 11.1. The van der Waals surface area contributed by atoms with E-state index in [1.54, 1.807) is 0 Å². The van der Waals surface area contributed by atoms with Crippen molar-refractivity contribution < 1.29 is 9.90 Å². The Morgan fingerprint density at radius 3 is 3.00 bits per heavy atom. The second-order valence-corrected chi connectivity index (χ2v) is 5.38. The number of halogens is 1. The molecule has 17 heavy (non-hydrogen) atoms. The lowest BCUT2D eigenvalue weighted by atomic mass is 10.2. The van der Waals surface area contributed by atoms with E-state index in [-0.39, 0.29) is 5.56 Å². The van der Waals surface area contributed by atoms with E-state index in [2.05, 4.69) is 4.98 Å². The molecule has 1 aliphatic heterocycles. The molecule has 0 bridgehead atoms. The predicted molar refractivity (Wildman–Crippen MR) is 70.4 cm³/mol. The van der Waals surface area contributed by atoms with Crippen LogP contribution < -0.4 is 4.90 Å². The number of carboxylic acids is 1. The number of carbonyl (C=O) groups is 1. The van der Waals surface area contributed by atoms with Crippen molar-refractivity contribution in [2.75, 3.05) is 29.5 Å². The minimum atomic E-state index is -0.957. The van der Waals surface area contributed by atoms with Crippen LogP contribution in [0.2, 0.25) is 5.15 Å². The summed E-state index contributed by atoms with van der Waals surface area (Å²) in [4.78, 5) is 17.3. The van der Waals surface area contributed by atoms with E-state index >= 15 is 0 Å². The van der Waals surface area contributed by atoms with Gasteiger partial charge in [-0.1, -0.05) is 11.6 Å². The average Bonchev–Trinajstić information content (AvgIpc) is 2.56. The highest BCUT2D eigenvalue weighted by molar-refractivity contribution is 7.99. The van der Waals surface area contributed by atoms with Gasteiger partial charge in [-0.25, -0.2) is 9.78 Å². The average molecular weight is 273 g/mol. The fraction of sp³-hybridized carbons (Fsp3) is 0.455. The van der Waals surface area contributed by atoms with Crippen molar-refractivity contribution in [2.45, 2.75) is 6.42 Å². The fourth-order valence-corrected chi connectivity index (χ4v) is 2.82. The number of aromatic nitrogens is 1. The molecule has 0 radical (unpaired) electrons. The number of thioether (sulfide) groups is 1. The third-order valence-electron chi connectivity index (χ3n) is 2.59. The summed E-state index contributed by atoms with van der Waals surface area (Å²) in [5.41, 5.74) is 0.223. The van der Waals surface area contributed by atoms with Gasteiger partial charge in [0.25, 0.3) is 0 Å². The molecule has 1 N–H and O–H groups in total. The lowest BCUT2D eigenvalue weighted by Gasteiger charge is -2.22. The zero-order chi connectivity index (χ0) is 12.3. The largest absolute Gasteiger partial charge is 0.478 e. The van der Waals surface area contributed by atoms with E-state index in [1.165, 1.54) is 12.1 Å². The van der Waals surface area contributed by atoms with Crippen LogP contribution in [0, 0.1) is 0 Å². The summed E-state index contributed by atoms with van der Waals surface area (Å²) in [6, 6.07) is 3.03. The molecular weight excluding hydrogens is 260 g/mol. The van der Waals surface area contributed by atoms with E-state index in [9.17, 15) is 4.79 Å². The van der Waals surface area contributed by atoms with Crippen LogP contribution in [-0.2, 0) is 0 Å². The predicted octanol–water partition coefficient (Wildman–Crippen LogP) is 2.38. The van der Waals surface area contributed by atoms with Crippen LogP contribution in [-0.4, -0.2) is 40.7 Å². The number of nitrogens with zero attached hydrogens (tertiary/aromatic N) is 2. The van der Waals surface area contributed by atoms with Gasteiger partial charge in [0.2, 0.25) is 0 Å². The minimum Gasteiger partial charge on any atom is -0.478 e. The van der Waals surface area contributed by atoms with Gasteiger partial charge >= 0.3 is 5.97 Å². The smallest absolute Gasteiger partial charge is 0.339 e. The van der Waals surface area contributed by atoms with Crippen molar-refractivity contribution in [3.63, 3.8) is 0 Å². The first-order chi connectivity index (χ1) is 8.18. The van der Waals surface area contributed by atoms with E-state index in [1.807, 2.05) is 16.7 Å². The van der Waals surface area contributed by atoms with E-state index in [0.717, 1.165) is 31.0 Å². The van der Waals surface area contributed by atoms with Crippen molar-refractivity contribution in [1.29, 1.82) is 0 Å². The van der Waals surface area contributed by atoms with Gasteiger partial charge < -0.3 is 10.0 Å². The van der Waals surface area contributed by atoms with Gasteiger partial charge in [-0.3, -0.25) is 0 Å². The van der Waals surface area contributed by atoms with Crippen LogP contribution in [0.5, 0.6) is 0 Å². The first kappa shape index (κ1) is 12.5. The highest BCUT2D eigenvalue weighted by atomic mass is 35.5. The Hall–Kier alpha value is -0.940. The van der Waals surface area contributed by atoms with Crippen LogP contribution in [0.3, 0.4) is 0 Å². The Bertz CT molecular complexity index is 420. The summed E-state index contributed by atoms with van der Waals surface area (Å²) in [6.45, 7) is 1.65. The molecule has 92 valence electrons. The molecule has 4 nitrogen and oxygen atoms in total. The summed E-state index contributed by atoms with van der Waals surface area (Å²) >= 11 is 7.73. The molecule has 6 heteroatoms. The lowest BCUT2D eigenvalue weighted by molar-refractivity contribution is 0.0697. The summed E-state index contributed by atoms with van der Waals surface area (Å²) in [7, 11) is 0. The lowest BCUT2D eigenvalue weighted by Crippen LogP contribution is -2.28. The first-order valence-corrected chi connectivity index (χ1v) is 6.94. The van der Waals surface area contributed by atoms with E-state index in [0.29, 0.717) is 11.0 Å². The highest BCUT2D eigenvalue weighted by Gasteiger charge is 2.19. The van der Waals surface area contributed by atoms with Gasteiger partial charge in [0.05, 0.1) is 0 Å². The van der Waals surface area contributed by atoms with Crippen LogP contribution in [0.4, 0.5) is 5.82 Å². The summed E-state index contributed by atoms with van der Waals surface area (Å²) in [5, 5.41) is 9.48. The molecule has 0 unspecified atom stereocenters. The van der Waals surface area contributed by atoms with Gasteiger partial charge in [0, 0.05) is 18.8 Å². The van der Waals surface area contributed by atoms with Crippen molar-refractivity contribution in [3.8, 4) is 0 Å². The van der Waals surface area contributed by atoms with Gasteiger partial charge in [-0.15, -0.1) is 0 Å². The molecule has 1 aromatic rings. The van der Waals surface area contributed by atoms with Crippen molar-refractivity contribution in [2.24, 2.45) is 0 Å². The molecule has 2 rings (SSSR count). The monoisotopic (exact) mass is 272 g/mol. The van der Waals surface area contributed by atoms with E-state index < -0.39 is 5.97 Å². The Balaban J connectivity index is 2.34. The number of carboxylic acid groups (broad SMARTS) is 1. The maximum Gasteiger partial charge on any atom is 0.339 e. The number of rotatable bonds is 2. The van der Waals surface area contributed by atoms with Gasteiger partial charge in [-0.2, -0.15) is 11.8 Å². The molecule has 1 fully saturated rings. The number of aromatic carboxylic acids is 1. The van der Waals surface area contributed by atoms with Crippen molar-refractivity contribution >= 4 is 35.1 Å². The minimum absolute atomic E-state index is 0.223. The quantitative estimate of drug-likeness (QED) is 0.838. The number of hydrogen-bond donors (Lipinski definition) is 1. The van der Waals surface area contributed by atoms with Gasteiger partial charge in [0.1, 0.15) is 16.5 Å². The number of hydrogen-bond acceptors (Lipinski definition) is 4. The van der Waals surface area contributed by atoms with Crippen LogP contribution in [0.1, 0.15) is 16.8 Å². The molecule has 1 aromatic heterocycles. The third kappa shape index (κ3) is 3.04. The van der Waals surface area contributed by atoms with Crippen molar-refractivity contribution in [3.05, 3.63) is 22.8 Å². The standard InChI is InChI=1S/C11H13ClN2O2S/c12-9-3-2-8(11(15)16)10(13-9)14-4-1-6-17-7-5-14/h2-3H,1,4-7H2,(H,15,16). The van der Waals surface area contributed by atoms with Crippen LogP contribution in [0.25, 0.3) is 0 Å². The molecule has 0 saturated carbocycles. The maximum atomic E-state index is 11.1. The summed E-state index contributed by atoms with van der Waals surface area (Å²) < 4.78 is 0. The zero-order valence-electron chi connectivity index (χ0n) is 9.23. The Morgan fingerprint density at radius 2 is 2.24 bits per heavy atom. The second kappa shape index (κ2) is 5.60. The van der Waals surface area contributed by atoms with Crippen molar-refractivity contribution in [1.82, 2.24) is 4.98 Å². The summed E-state index contributed by atoms with van der Waals surface area (Å²) in [6.07, 6.45) is 1.04. The normalized spacial score (nSPS) is 16.6. The third-order valence-corrected chi connectivity index (χ3v) is 3.85. The number of anilines is 1. The molecule has 0 aromatic carbocycles. The molecule has 0 aliphatic carbocycles. The fourth-order valence-electron chi connectivity index (χ4n) is 1.79. The topological polar surface area (TPSA) is 53.4 Å². The number of pyridine rings is 1. The van der Waals surface area contributed by atoms with Gasteiger partial charge in [0.15, 0.2) is 0 Å². The molecule has 2 heterocycles. The van der Waals surface area contributed by atoms with Crippen LogP contribution >= 0.6 is 23.4 Å². The zero-order valence-corrected chi connectivity index (χ0v) is 10.8. The Morgan fingerprint density at radius 1 is 1.41 bits per heavy atom. The molecular formula is C11H13ClN2O2S. The summed E-state index contributed by atoms with van der Waals surface area (Å²) in [5.74, 6) is 1.64. The second-order valence-electron chi connectivity index (χ2n) is 3.76. The molecule has 0 amide bonds. The first-order valence-electron chi connectivity index (χ1n) is 5.41. The highest BCUT2D eigenvalue weighted by Crippen LogP contribution is 2.23. The van der Waals surface area contributed by atoms with Gasteiger partial charge in [-0.05, 0) is 24.3 Å². The molecule has 1 aliphatic rings. The molecule has 0 spiro atoms. The Kier molecular flexibility index (Phi) is 4.12. The Labute approximate surface area is 109 Å². The van der Waals surface area contributed by atoms with Crippen LogP contribution in [0.15, 0.2) is 12.1 Å². The SMILES string of the molecule is O=C(O)c1ccc(Cl)nc1N1CCCSCC1.